The highest BCUT2D eigenvalue weighted by Crippen LogP contribution is 2.47. The van der Waals surface area contributed by atoms with Crippen LogP contribution in [-0.2, 0) is 16.1 Å². The Bertz CT molecular complexity index is 1150. The van der Waals surface area contributed by atoms with Crippen LogP contribution in [0.25, 0.3) is 6.08 Å². The van der Waals surface area contributed by atoms with Gasteiger partial charge in [-0.3, -0.25) is 14.5 Å². The summed E-state index contributed by atoms with van der Waals surface area (Å²) in [5.74, 6) is -1.88. The number of aliphatic hydroxyl groups is 2. The zero-order valence-electron chi connectivity index (χ0n) is 20.9. The molecule has 1 aromatic carbocycles. The number of carbonyl (C=O) groups excluding carboxylic acids is 2. The molecule has 4 rings (SSSR count). The van der Waals surface area contributed by atoms with Gasteiger partial charge in [-0.25, -0.2) is 0 Å². The number of phenols is 1. The fourth-order valence-electron chi connectivity index (χ4n) is 5.74. The fourth-order valence-corrected chi connectivity index (χ4v) is 6.43. The number of amides is 2. The number of imide groups is 1. The summed E-state index contributed by atoms with van der Waals surface area (Å²) in [4.78, 5) is 29.0. The number of rotatable bonds is 10. The largest absolute Gasteiger partial charge is 0.507 e. The molecule has 2 heterocycles. The second-order valence-corrected chi connectivity index (χ2v) is 10.7. The molecule has 0 bridgehead atoms. The molecule has 1 aromatic heterocycles. The van der Waals surface area contributed by atoms with Gasteiger partial charge >= 0.3 is 0 Å². The Balaban J connectivity index is 1.54. The fraction of sp³-hybridized carbons (Fsp3) is 0.448. The number of fused-ring (bicyclic) bond motifs is 1. The highest BCUT2D eigenvalue weighted by atomic mass is 32.1. The number of nitrogens with zero attached hydrogens (tertiary/aromatic N) is 1. The van der Waals surface area contributed by atoms with Crippen LogP contribution in [0.3, 0.4) is 0 Å². The van der Waals surface area contributed by atoms with Crippen LogP contribution in [0.1, 0.15) is 56.4 Å². The first-order chi connectivity index (χ1) is 17.4. The number of para-hydroxylation sites is 1. The lowest BCUT2D eigenvalue weighted by Gasteiger charge is -2.36. The molecule has 2 aliphatic rings. The summed E-state index contributed by atoms with van der Waals surface area (Å²) >= 11 is 1.51. The summed E-state index contributed by atoms with van der Waals surface area (Å²) < 4.78 is 0. The molecule has 1 aliphatic carbocycles. The van der Waals surface area contributed by atoms with Crippen molar-refractivity contribution >= 4 is 29.2 Å². The lowest BCUT2D eigenvalue weighted by Crippen LogP contribution is -2.39. The summed E-state index contributed by atoms with van der Waals surface area (Å²) in [6.45, 7) is 4.02. The van der Waals surface area contributed by atoms with Crippen molar-refractivity contribution in [2.75, 3.05) is 6.61 Å². The molecule has 0 spiro atoms. The van der Waals surface area contributed by atoms with Gasteiger partial charge in [0.15, 0.2) is 0 Å². The van der Waals surface area contributed by atoms with Gasteiger partial charge in [-0.15, -0.1) is 11.3 Å². The third-order valence-corrected chi connectivity index (χ3v) is 8.50. The molecule has 1 fully saturated rings. The van der Waals surface area contributed by atoms with Gasteiger partial charge < -0.3 is 15.3 Å². The standard InChI is InChI=1S/C29H35NO5S/c1-3-18(14-20-8-5-6-10-24(20)32)11-12-25(33)26-19(4-2)15-22-27(23(26)17-31)29(35)30(28(22)34)16-21-9-7-13-36-21/h5-10,13-14,22-23,25,27,31-33H,3-4,11-12,15-17H2,1-2H3/b18-14+/t22-,23+,25-,27-/m1/s1. The van der Waals surface area contributed by atoms with E-state index >= 15 is 0 Å². The number of allylic oxidation sites excluding steroid dienone is 2. The molecular weight excluding hydrogens is 474 g/mol. The third-order valence-electron chi connectivity index (χ3n) is 7.64. The SMILES string of the molecule is CCC1=C([C@H](O)CC/C(=C/c2ccccc2O)CC)[C@H](CO)[C@@H]2C(=O)N(Cc3cccs3)C(=O)[C@@H]2C1. The van der Waals surface area contributed by atoms with Crippen molar-refractivity contribution < 1.29 is 24.9 Å². The molecule has 4 atom stereocenters. The number of aromatic hydroxyl groups is 1. The number of aliphatic hydroxyl groups excluding tert-OH is 2. The Morgan fingerprint density at radius 2 is 1.94 bits per heavy atom. The minimum Gasteiger partial charge on any atom is -0.507 e. The molecule has 1 saturated heterocycles. The molecule has 36 heavy (non-hydrogen) atoms. The van der Waals surface area contributed by atoms with Gasteiger partial charge in [0.25, 0.3) is 0 Å². The maximum Gasteiger partial charge on any atom is 0.234 e. The molecule has 0 radical (unpaired) electrons. The Hall–Kier alpha value is -2.74. The number of likely N-dealkylation sites (tertiary alicyclic amines) is 1. The monoisotopic (exact) mass is 509 g/mol. The number of thiophene rings is 1. The minimum absolute atomic E-state index is 0.171. The molecular formula is C29H35NO5S. The van der Waals surface area contributed by atoms with E-state index in [2.05, 4.69) is 0 Å². The van der Waals surface area contributed by atoms with Crippen molar-refractivity contribution in [3.8, 4) is 5.75 Å². The first-order valence-corrected chi connectivity index (χ1v) is 13.6. The second kappa shape index (κ2) is 11.5. The first-order valence-electron chi connectivity index (χ1n) is 12.7. The van der Waals surface area contributed by atoms with Gasteiger partial charge in [-0.1, -0.05) is 55.3 Å². The molecule has 1 aliphatic heterocycles. The predicted molar refractivity (Wildman–Crippen MR) is 141 cm³/mol. The van der Waals surface area contributed by atoms with E-state index < -0.39 is 23.9 Å². The molecule has 3 N–H and O–H groups in total. The number of carbonyl (C=O) groups is 2. The van der Waals surface area contributed by atoms with Gasteiger partial charge in [-0.2, -0.15) is 0 Å². The Kier molecular flexibility index (Phi) is 8.44. The summed E-state index contributed by atoms with van der Waals surface area (Å²) in [5, 5.41) is 33.8. The zero-order valence-corrected chi connectivity index (χ0v) is 21.7. The molecule has 0 saturated carbocycles. The average Bonchev–Trinajstić information content (AvgIpc) is 3.49. The predicted octanol–water partition coefficient (Wildman–Crippen LogP) is 4.91. The van der Waals surface area contributed by atoms with E-state index in [0.717, 1.165) is 33.6 Å². The van der Waals surface area contributed by atoms with Crippen LogP contribution >= 0.6 is 11.3 Å². The van der Waals surface area contributed by atoms with Crippen LogP contribution in [0.2, 0.25) is 0 Å². The number of phenolic OH excluding ortho intramolecular Hbond substituents is 1. The lowest BCUT2D eigenvalue weighted by atomic mass is 9.67. The van der Waals surface area contributed by atoms with Gasteiger partial charge in [0, 0.05) is 16.4 Å². The number of benzene rings is 1. The smallest absolute Gasteiger partial charge is 0.234 e. The normalized spacial score (nSPS) is 23.4. The van der Waals surface area contributed by atoms with E-state index in [4.69, 9.17) is 0 Å². The molecule has 0 unspecified atom stereocenters. The summed E-state index contributed by atoms with van der Waals surface area (Å²) in [5.41, 5.74) is 3.55. The van der Waals surface area contributed by atoms with E-state index in [1.807, 2.05) is 49.6 Å². The van der Waals surface area contributed by atoms with Crippen LogP contribution in [0, 0.1) is 17.8 Å². The highest BCUT2D eigenvalue weighted by molar-refractivity contribution is 7.09. The Morgan fingerprint density at radius 3 is 2.58 bits per heavy atom. The Morgan fingerprint density at radius 1 is 1.17 bits per heavy atom. The van der Waals surface area contributed by atoms with Gasteiger partial charge in [0.2, 0.25) is 11.8 Å². The third kappa shape index (κ3) is 5.19. The summed E-state index contributed by atoms with van der Waals surface area (Å²) in [7, 11) is 0. The van der Waals surface area contributed by atoms with Crippen molar-refractivity contribution in [1.82, 2.24) is 4.90 Å². The molecule has 6 nitrogen and oxygen atoms in total. The van der Waals surface area contributed by atoms with Crippen molar-refractivity contribution in [2.45, 2.75) is 58.6 Å². The molecule has 7 heteroatoms. The van der Waals surface area contributed by atoms with Crippen molar-refractivity contribution in [3.05, 3.63) is 68.9 Å². The van der Waals surface area contributed by atoms with E-state index in [9.17, 15) is 24.9 Å². The second-order valence-electron chi connectivity index (χ2n) is 9.65. The number of hydrogen-bond donors (Lipinski definition) is 3. The maximum absolute atomic E-state index is 13.4. The minimum atomic E-state index is -0.813. The zero-order chi connectivity index (χ0) is 25.8. The average molecular weight is 510 g/mol. The molecule has 2 aromatic rings. The van der Waals surface area contributed by atoms with Crippen molar-refractivity contribution in [2.24, 2.45) is 17.8 Å². The van der Waals surface area contributed by atoms with E-state index in [-0.39, 0.29) is 30.7 Å². The van der Waals surface area contributed by atoms with Gasteiger partial charge in [0.1, 0.15) is 5.75 Å². The van der Waals surface area contributed by atoms with Crippen LogP contribution in [0.15, 0.2) is 58.5 Å². The lowest BCUT2D eigenvalue weighted by molar-refractivity contribution is -0.140. The molecule has 2 amide bonds. The Labute approximate surface area is 216 Å². The number of hydrogen-bond acceptors (Lipinski definition) is 6. The quantitative estimate of drug-likeness (QED) is 0.312. The van der Waals surface area contributed by atoms with Crippen molar-refractivity contribution in [3.63, 3.8) is 0 Å². The van der Waals surface area contributed by atoms with E-state index in [1.54, 1.807) is 12.1 Å². The van der Waals surface area contributed by atoms with Crippen molar-refractivity contribution in [1.29, 1.82) is 0 Å². The van der Waals surface area contributed by atoms with Gasteiger partial charge in [0.05, 0.1) is 31.1 Å². The van der Waals surface area contributed by atoms with Crippen LogP contribution in [-0.4, -0.2) is 44.7 Å². The van der Waals surface area contributed by atoms with Gasteiger partial charge in [-0.05, 0) is 55.2 Å². The summed E-state index contributed by atoms with van der Waals surface area (Å²) in [6.07, 6.45) is 4.10. The van der Waals surface area contributed by atoms with Crippen LogP contribution in [0.5, 0.6) is 5.75 Å². The van der Waals surface area contributed by atoms with E-state index in [1.165, 1.54) is 16.2 Å². The van der Waals surface area contributed by atoms with Crippen LogP contribution in [0.4, 0.5) is 0 Å². The van der Waals surface area contributed by atoms with Crippen LogP contribution < -0.4 is 0 Å². The maximum atomic E-state index is 13.4. The topological polar surface area (TPSA) is 98.1 Å². The highest BCUT2D eigenvalue weighted by Gasteiger charge is 2.54. The first kappa shape index (κ1) is 26.3. The van der Waals surface area contributed by atoms with E-state index in [0.29, 0.717) is 25.7 Å². The molecule has 192 valence electrons. The summed E-state index contributed by atoms with van der Waals surface area (Å²) in [6, 6.07) is 11.0.